The second-order valence-electron chi connectivity index (χ2n) is 5.83. The van der Waals surface area contributed by atoms with E-state index in [1.165, 1.54) is 22.3 Å². The molecule has 3 rings (SSSR count). The van der Waals surface area contributed by atoms with E-state index < -0.39 is 0 Å². The van der Waals surface area contributed by atoms with E-state index in [2.05, 4.69) is 46.8 Å². The van der Waals surface area contributed by atoms with Crippen LogP contribution in [0.3, 0.4) is 0 Å². The number of pyridine rings is 1. The molecule has 1 aromatic carbocycles. The number of fused-ring (bicyclic) bond motifs is 1. The Morgan fingerprint density at radius 3 is 2.91 bits per heavy atom. The number of hydrogen-bond acceptors (Lipinski definition) is 3. The lowest BCUT2D eigenvalue weighted by atomic mass is 9.86. The predicted octanol–water partition coefficient (Wildman–Crippen LogP) is 3.73. The maximum atomic E-state index is 5.30. The molecule has 0 saturated heterocycles. The van der Waals surface area contributed by atoms with Crippen molar-refractivity contribution in [1.82, 2.24) is 10.4 Å². The van der Waals surface area contributed by atoms with Gasteiger partial charge >= 0.3 is 0 Å². The monoisotopic (exact) mass is 324 g/mol. The SMILES string of the molecule is Cc1cc(C)c2c(c1)C(=NNC(=S)Nc1cccnc1)CCC2. The standard InChI is InChI=1S/C18H20N4S/c1-12-9-13(2)15-6-3-7-17(16(15)10-12)21-22-18(23)20-14-5-4-8-19-11-14/h4-5,8-11H,3,6-7H2,1-2H3,(H2,20,22,23). The van der Waals surface area contributed by atoms with Gasteiger partial charge in [0.05, 0.1) is 17.6 Å². The first-order valence-electron chi connectivity index (χ1n) is 7.77. The Morgan fingerprint density at radius 2 is 2.13 bits per heavy atom. The molecule has 5 heteroatoms. The highest BCUT2D eigenvalue weighted by Gasteiger charge is 2.17. The van der Waals surface area contributed by atoms with Crippen molar-refractivity contribution >= 4 is 28.7 Å². The summed E-state index contributed by atoms with van der Waals surface area (Å²) in [5, 5.41) is 8.10. The van der Waals surface area contributed by atoms with Crippen molar-refractivity contribution in [3.8, 4) is 0 Å². The van der Waals surface area contributed by atoms with Crippen LogP contribution in [0.25, 0.3) is 0 Å². The van der Waals surface area contributed by atoms with E-state index in [-0.39, 0.29) is 0 Å². The lowest BCUT2D eigenvalue weighted by molar-refractivity contribution is 0.821. The lowest BCUT2D eigenvalue weighted by Crippen LogP contribution is -2.26. The topological polar surface area (TPSA) is 49.3 Å². The number of nitrogens with zero attached hydrogens (tertiary/aromatic N) is 2. The van der Waals surface area contributed by atoms with Crippen LogP contribution < -0.4 is 10.7 Å². The number of benzene rings is 1. The van der Waals surface area contributed by atoms with Gasteiger partial charge in [-0.15, -0.1) is 0 Å². The van der Waals surface area contributed by atoms with Crippen molar-refractivity contribution in [2.24, 2.45) is 5.10 Å². The van der Waals surface area contributed by atoms with E-state index in [0.717, 1.165) is 30.7 Å². The lowest BCUT2D eigenvalue weighted by Gasteiger charge is -2.21. The van der Waals surface area contributed by atoms with Crippen LogP contribution in [0.4, 0.5) is 5.69 Å². The summed E-state index contributed by atoms with van der Waals surface area (Å²) in [6.45, 7) is 4.30. The second-order valence-corrected chi connectivity index (χ2v) is 6.24. The second kappa shape index (κ2) is 6.87. The summed E-state index contributed by atoms with van der Waals surface area (Å²) >= 11 is 5.30. The fourth-order valence-electron chi connectivity index (χ4n) is 2.98. The van der Waals surface area contributed by atoms with Gasteiger partial charge in [-0.1, -0.05) is 11.6 Å². The Morgan fingerprint density at radius 1 is 1.26 bits per heavy atom. The van der Waals surface area contributed by atoms with Gasteiger partial charge in [0.25, 0.3) is 0 Å². The van der Waals surface area contributed by atoms with Crippen molar-refractivity contribution in [2.75, 3.05) is 5.32 Å². The number of rotatable bonds is 2. The van der Waals surface area contributed by atoms with Crippen molar-refractivity contribution in [3.05, 3.63) is 58.9 Å². The number of aromatic nitrogens is 1. The van der Waals surface area contributed by atoms with Crippen LogP contribution in [0.5, 0.6) is 0 Å². The summed E-state index contributed by atoms with van der Waals surface area (Å²) in [5.74, 6) is 0. The zero-order valence-corrected chi connectivity index (χ0v) is 14.2. The highest BCUT2D eigenvalue weighted by atomic mass is 32.1. The molecule has 0 atom stereocenters. The quantitative estimate of drug-likeness (QED) is 0.653. The molecular weight excluding hydrogens is 304 g/mol. The number of hydrogen-bond donors (Lipinski definition) is 2. The van der Waals surface area contributed by atoms with Gasteiger partial charge < -0.3 is 5.32 Å². The maximum Gasteiger partial charge on any atom is 0.191 e. The third-order valence-electron chi connectivity index (χ3n) is 3.98. The molecule has 23 heavy (non-hydrogen) atoms. The normalized spacial score (nSPS) is 15.1. The number of thiocarbonyl (C=S) groups is 1. The van der Waals surface area contributed by atoms with E-state index in [4.69, 9.17) is 12.2 Å². The molecule has 0 spiro atoms. The summed E-state index contributed by atoms with van der Waals surface area (Å²) < 4.78 is 0. The molecule has 0 saturated carbocycles. The van der Waals surface area contributed by atoms with E-state index in [1.807, 2.05) is 12.1 Å². The molecule has 0 unspecified atom stereocenters. The molecule has 1 aliphatic carbocycles. The van der Waals surface area contributed by atoms with Gasteiger partial charge in [-0.05, 0) is 74.7 Å². The third-order valence-corrected chi connectivity index (χ3v) is 4.17. The smallest absolute Gasteiger partial charge is 0.191 e. The Hall–Kier alpha value is -2.27. The largest absolute Gasteiger partial charge is 0.330 e. The van der Waals surface area contributed by atoms with Crippen molar-refractivity contribution < 1.29 is 0 Å². The van der Waals surface area contributed by atoms with Crippen LogP contribution in [0.1, 0.15) is 35.1 Å². The van der Waals surface area contributed by atoms with Crippen molar-refractivity contribution in [2.45, 2.75) is 33.1 Å². The Bertz CT molecular complexity index is 753. The van der Waals surface area contributed by atoms with E-state index in [9.17, 15) is 0 Å². The molecule has 0 fully saturated rings. The number of nitrogens with one attached hydrogen (secondary N) is 2. The van der Waals surface area contributed by atoms with Crippen molar-refractivity contribution in [1.29, 1.82) is 0 Å². The van der Waals surface area contributed by atoms with Gasteiger partial charge in [-0.3, -0.25) is 10.4 Å². The maximum absolute atomic E-state index is 5.30. The average molecular weight is 324 g/mol. The van der Waals surface area contributed by atoms with Crippen LogP contribution >= 0.6 is 12.2 Å². The van der Waals surface area contributed by atoms with E-state index in [0.29, 0.717) is 5.11 Å². The van der Waals surface area contributed by atoms with Crippen LogP contribution in [0.15, 0.2) is 41.8 Å². The van der Waals surface area contributed by atoms with Gasteiger partial charge in [0, 0.05) is 11.8 Å². The zero-order chi connectivity index (χ0) is 16.2. The molecule has 0 aliphatic heterocycles. The van der Waals surface area contributed by atoms with E-state index >= 15 is 0 Å². The highest BCUT2D eigenvalue weighted by molar-refractivity contribution is 7.80. The Balaban J connectivity index is 1.76. The molecule has 0 amide bonds. The molecule has 1 aromatic heterocycles. The molecule has 4 nitrogen and oxygen atoms in total. The highest BCUT2D eigenvalue weighted by Crippen LogP contribution is 2.26. The minimum atomic E-state index is 0.474. The summed E-state index contributed by atoms with van der Waals surface area (Å²) in [6, 6.07) is 8.24. The molecular formula is C18H20N4S. The van der Waals surface area contributed by atoms with Crippen LogP contribution in [0, 0.1) is 13.8 Å². The zero-order valence-electron chi connectivity index (χ0n) is 13.4. The summed E-state index contributed by atoms with van der Waals surface area (Å²) in [4.78, 5) is 4.05. The number of anilines is 1. The number of aryl methyl sites for hydroxylation is 2. The molecule has 0 radical (unpaired) electrons. The third kappa shape index (κ3) is 3.74. The van der Waals surface area contributed by atoms with Crippen LogP contribution in [-0.2, 0) is 6.42 Å². The molecule has 2 aromatic rings. The molecule has 1 heterocycles. The van der Waals surface area contributed by atoms with Gasteiger partial charge in [-0.2, -0.15) is 5.10 Å². The first-order valence-corrected chi connectivity index (χ1v) is 8.18. The van der Waals surface area contributed by atoms with E-state index in [1.54, 1.807) is 12.4 Å². The Kier molecular flexibility index (Phi) is 4.67. The summed E-state index contributed by atoms with van der Waals surface area (Å²) in [7, 11) is 0. The first kappa shape index (κ1) is 15.6. The molecule has 118 valence electrons. The first-order chi connectivity index (χ1) is 11.1. The van der Waals surface area contributed by atoms with Crippen LogP contribution in [0.2, 0.25) is 0 Å². The van der Waals surface area contributed by atoms with Gasteiger partial charge in [0.1, 0.15) is 0 Å². The Labute approximate surface area is 142 Å². The van der Waals surface area contributed by atoms with Crippen LogP contribution in [-0.4, -0.2) is 15.8 Å². The number of hydrazone groups is 1. The minimum Gasteiger partial charge on any atom is -0.330 e. The van der Waals surface area contributed by atoms with Crippen molar-refractivity contribution in [3.63, 3.8) is 0 Å². The van der Waals surface area contributed by atoms with Gasteiger partial charge in [0.2, 0.25) is 0 Å². The molecule has 2 N–H and O–H groups in total. The summed E-state index contributed by atoms with van der Waals surface area (Å²) in [6.07, 6.45) is 6.67. The molecule has 0 bridgehead atoms. The fourth-order valence-corrected chi connectivity index (χ4v) is 3.15. The summed E-state index contributed by atoms with van der Waals surface area (Å²) in [5.41, 5.74) is 10.2. The minimum absolute atomic E-state index is 0.474. The predicted molar refractivity (Wildman–Crippen MR) is 99.0 cm³/mol. The average Bonchev–Trinajstić information content (AvgIpc) is 2.54. The van der Waals surface area contributed by atoms with Gasteiger partial charge in [0.15, 0.2) is 5.11 Å². The fraction of sp³-hybridized carbons (Fsp3) is 0.278. The van der Waals surface area contributed by atoms with Gasteiger partial charge in [-0.25, -0.2) is 0 Å². The molecule has 1 aliphatic rings.